The lowest BCUT2D eigenvalue weighted by molar-refractivity contribution is 0.0302. The number of amides is 1. The van der Waals surface area contributed by atoms with Crippen molar-refractivity contribution in [1.82, 2.24) is 5.32 Å². The predicted octanol–water partition coefficient (Wildman–Crippen LogP) is -0.283. The van der Waals surface area contributed by atoms with Crippen molar-refractivity contribution in [3.63, 3.8) is 0 Å². The molecule has 0 heterocycles. The summed E-state index contributed by atoms with van der Waals surface area (Å²) >= 11 is 0. The first-order chi connectivity index (χ1) is 5.64. The molecule has 0 spiro atoms. The molecule has 12 heavy (non-hydrogen) atoms. The first kappa shape index (κ1) is 11.4. The quantitative estimate of drug-likeness (QED) is 0.625. The van der Waals surface area contributed by atoms with Crippen LogP contribution < -0.4 is 5.32 Å². The number of hydrogen-bond donors (Lipinski definition) is 1. The lowest BCUT2D eigenvalue weighted by Gasteiger charge is -2.21. The molecule has 0 aliphatic heterocycles. The van der Waals surface area contributed by atoms with E-state index in [9.17, 15) is 4.79 Å². The predicted molar refractivity (Wildman–Crippen MR) is 42.3 cm³/mol. The van der Waals surface area contributed by atoms with Gasteiger partial charge in [-0.1, -0.05) is 0 Å². The highest BCUT2D eigenvalue weighted by molar-refractivity contribution is 6.55. The third kappa shape index (κ3) is 2.78. The second-order valence-corrected chi connectivity index (χ2v) is 4.18. The van der Waals surface area contributed by atoms with Crippen LogP contribution in [0.4, 0.5) is 4.79 Å². The largest absolute Gasteiger partial charge is 0.752 e. The molecule has 0 bridgehead atoms. The Morgan fingerprint density at radius 1 is 1.17 bits per heavy atom. The molecule has 0 saturated carbocycles. The molecule has 1 amide bonds. The second-order valence-electron chi connectivity index (χ2n) is 1.75. The van der Waals surface area contributed by atoms with Crippen molar-refractivity contribution in [2.75, 3.05) is 28.4 Å². The summed E-state index contributed by atoms with van der Waals surface area (Å²) in [6.07, 6.45) is -0.646. The van der Waals surface area contributed by atoms with Crippen molar-refractivity contribution in [2.45, 2.75) is 0 Å². The summed E-state index contributed by atoms with van der Waals surface area (Å²) in [5.41, 5.74) is 0. The highest BCUT2D eigenvalue weighted by Crippen LogP contribution is 2.07. The smallest absolute Gasteiger partial charge is 0.435 e. The van der Waals surface area contributed by atoms with Crippen molar-refractivity contribution >= 4 is 15.1 Å². The monoisotopic (exact) mass is 195 g/mol. The Bertz CT molecular complexity index is 141. The molecule has 6 nitrogen and oxygen atoms in total. The number of carbonyl (C=O) groups excluding carboxylic acids is 1. The fourth-order valence-corrected chi connectivity index (χ4v) is 1.62. The van der Waals surface area contributed by atoms with E-state index in [0.717, 1.165) is 0 Å². The summed E-state index contributed by atoms with van der Waals surface area (Å²) < 4.78 is 19.2. The molecule has 1 N–H and O–H groups in total. The van der Waals surface area contributed by atoms with Gasteiger partial charge in [-0.2, -0.15) is 0 Å². The van der Waals surface area contributed by atoms with Crippen LogP contribution in [0, 0.1) is 0 Å². The number of nitrogens with one attached hydrogen (secondary N) is 1. The first-order valence-electron chi connectivity index (χ1n) is 3.20. The van der Waals surface area contributed by atoms with Crippen LogP contribution in [0.5, 0.6) is 0 Å². The van der Waals surface area contributed by atoms with Crippen LogP contribution >= 0.6 is 0 Å². The minimum atomic E-state index is -3.21. The topological polar surface area (TPSA) is 66.0 Å². The third-order valence-corrected chi connectivity index (χ3v) is 3.11. The number of hydrogen-bond acceptors (Lipinski definition) is 5. The van der Waals surface area contributed by atoms with E-state index < -0.39 is 15.1 Å². The standard InChI is InChI=1S/C5H13NO5Si/c1-6-5(7)11-12(8-2,9-3)10-4/h1-4H3,(H,6,7). The molecule has 0 aromatic rings. The summed E-state index contributed by atoms with van der Waals surface area (Å²) in [7, 11) is 2.27. The maximum atomic E-state index is 10.8. The van der Waals surface area contributed by atoms with E-state index in [1.54, 1.807) is 0 Å². The van der Waals surface area contributed by atoms with Crippen LogP contribution in [-0.2, 0) is 17.7 Å². The molecule has 0 aromatic heterocycles. The van der Waals surface area contributed by atoms with E-state index in [1.165, 1.54) is 28.4 Å². The SMILES string of the molecule is CNC(=O)O[Si](OC)(OC)OC. The van der Waals surface area contributed by atoms with Crippen LogP contribution in [0.15, 0.2) is 0 Å². The molecule has 0 aliphatic carbocycles. The molecular formula is C5H13NO5Si. The molecule has 0 saturated heterocycles. The van der Waals surface area contributed by atoms with Gasteiger partial charge >= 0.3 is 15.1 Å². The molecule has 7 heteroatoms. The maximum absolute atomic E-state index is 10.8. The van der Waals surface area contributed by atoms with Crippen molar-refractivity contribution < 1.29 is 22.5 Å². The zero-order valence-electron chi connectivity index (χ0n) is 7.54. The van der Waals surface area contributed by atoms with Crippen LogP contribution in [-0.4, -0.2) is 43.5 Å². The Hall–Kier alpha value is -0.633. The number of carbonyl (C=O) groups is 1. The molecule has 72 valence electrons. The fraction of sp³-hybridized carbons (Fsp3) is 0.800. The highest BCUT2D eigenvalue weighted by Gasteiger charge is 2.46. The summed E-state index contributed by atoms with van der Waals surface area (Å²) in [5, 5.41) is 2.26. The van der Waals surface area contributed by atoms with Crippen LogP contribution in [0.1, 0.15) is 0 Å². The minimum absolute atomic E-state index is 0.646. The van der Waals surface area contributed by atoms with Crippen LogP contribution in [0.2, 0.25) is 0 Å². The summed E-state index contributed by atoms with van der Waals surface area (Å²) in [6, 6.07) is 0. The third-order valence-electron chi connectivity index (χ3n) is 1.17. The lowest BCUT2D eigenvalue weighted by Crippen LogP contribution is -2.49. The van der Waals surface area contributed by atoms with E-state index in [4.69, 9.17) is 17.7 Å². The highest BCUT2D eigenvalue weighted by atomic mass is 28.4. The maximum Gasteiger partial charge on any atom is 0.752 e. The van der Waals surface area contributed by atoms with Crippen molar-refractivity contribution in [3.05, 3.63) is 0 Å². The van der Waals surface area contributed by atoms with E-state index in [2.05, 4.69) is 5.32 Å². The van der Waals surface area contributed by atoms with Gasteiger partial charge in [-0.05, 0) is 0 Å². The van der Waals surface area contributed by atoms with Gasteiger partial charge < -0.3 is 23.0 Å². The van der Waals surface area contributed by atoms with Gasteiger partial charge in [-0.25, -0.2) is 4.79 Å². The van der Waals surface area contributed by atoms with Crippen molar-refractivity contribution in [2.24, 2.45) is 0 Å². The van der Waals surface area contributed by atoms with E-state index in [-0.39, 0.29) is 0 Å². The molecule has 0 unspecified atom stereocenters. The van der Waals surface area contributed by atoms with Gasteiger partial charge in [0.1, 0.15) is 0 Å². The Kier molecular flexibility index (Phi) is 4.82. The molecular weight excluding hydrogens is 182 g/mol. The van der Waals surface area contributed by atoms with E-state index >= 15 is 0 Å². The van der Waals surface area contributed by atoms with E-state index in [0.29, 0.717) is 0 Å². The van der Waals surface area contributed by atoms with E-state index in [1.807, 2.05) is 0 Å². The van der Waals surface area contributed by atoms with Crippen LogP contribution in [0.25, 0.3) is 0 Å². The van der Waals surface area contributed by atoms with Gasteiger partial charge in [0.05, 0.1) is 0 Å². The van der Waals surface area contributed by atoms with Crippen LogP contribution in [0.3, 0.4) is 0 Å². The Balaban J connectivity index is 4.19. The minimum Gasteiger partial charge on any atom is -0.435 e. The zero-order valence-corrected chi connectivity index (χ0v) is 8.54. The summed E-state index contributed by atoms with van der Waals surface area (Å²) in [6.45, 7) is 0. The number of rotatable bonds is 4. The average Bonchev–Trinajstić information content (AvgIpc) is 2.14. The van der Waals surface area contributed by atoms with Crippen molar-refractivity contribution in [1.29, 1.82) is 0 Å². The average molecular weight is 195 g/mol. The van der Waals surface area contributed by atoms with Gasteiger partial charge in [-0.15, -0.1) is 0 Å². The van der Waals surface area contributed by atoms with Crippen molar-refractivity contribution in [3.8, 4) is 0 Å². The zero-order chi connectivity index (χ0) is 9.61. The summed E-state index contributed by atoms with van der Waals surface area (Å²) in [5.74, 6) is 0. The summed E-state index contributed by atoms with van der Waals surface area (Å²) in [4.78, 5) is 10.8. The Morgan fingerprint density at radius 2 is 1.58 bits per heavy atom. The fourth-order valence-electron chi connectivity index (χ4n) is 0.540. The van der Waals surface area contributed by atoms with Gasteiger partial charge in [0.2, 0.25) is 0 Å². The molecule has 0 fully saturated rings. The second kappa shape index (κ2) is 5.09. The Morgan fingerprint density at radius 3 is 1.83 bits per heavy atom. The molecule has 0 radical (unpaired) electrons. The Labute approximate surface area is 72.2 Å². The van der Waals surface area contributed by atoms with Gasteiger partial charge in [0.15, 0.2) is 0 Å². The molecule has 0 rings (SSSR count). The molecule has 0 atom stereocenters. The lowest BCUT2D eigenvalue weighted by atomic mass is 11.1. The molecule has 0 aliphatic rings. The van der Waals surface area contributed by atoms with Gasteiger partial charge in [-0.3, -0.25) is 0 Å². The first-order valence-corrected chi connectivity index (χ1v) is 4.83. The molecule has 0 aromatic carbocycles. The normalized spacial score (nSPS) is 11.0. The van der Waals surface area contributed by atoms with Gasteiger partial charge in [0, 0.05) is 28.4 Å². The van der Waals surface area contributed by atoms with Gasteiger partial charge in [0.25, 0.3) is 0 Å².